The molecule has 0 saturated heterocycles. The van der Waals surface area contributed by atoms with Crippen molar-refractivity contribution in [2.75, 3.05) is 5.32 Å². The van der Waals surface area contributed by atoms with Gasteiger partial charge < -0.3 is 15.2 Å². The number of carbonyl (C=O) groups excluding carboxylic acids is 1. The molecule has 33 heavy (non-hydrogen) atoms. The third-order valence-corrected chi connectivity index (χ3v) is 4.88. The van der Waals surface area contributed by atoms with Crippen LogP contribution < -0.4 is 10.1 Å². The van der Waals surface area contributed by atoms with Gasteiger partial charge in [-0.05, 0) is 44.5 Å². The van der Waals surface area contributed by atoms with Crippen molar-refractivity contribution < 1.29 is 32.2 Å². The van der Waals surface area contributed by atoms with Gasteiger partial charge in [0.25, 0.3) is 5.91 Å². The van der Waals surface area contributed by atoms with Crippen LogP contribution in [0.15, 0.2) is 36.4 Å². The van der Waals surface area contributed by atoms with Gasteiger partial charge in [-0.2, -0.15) is 18.3 Å². The molecular weight excluding hydrogens is 444 g/mol. The first kappa shape index (κ1) is 24.2. The molecule has 3 aromatic rings. The van der Waals surface area contributed by atoms with Crippen molar-refractivity contribution in [1.82, 2.24) is 14.8 Å². The van der Waals surface area contributed by atoms with Crippen molar-refractivity contribution >= 4 is 11.6 Å². The first-order valence-corrected chi connectivity index (χ1v) is 9.91. The fourth-order valence-electron chi connectivity index (χ4n) is 3.03. The van der Waals surface area contributed by atoms with Gasteiger partial charge in [-0.25, -0.2) is 9.37 Å². The maximum Gasteiger partial charge on any atom is 0.425 e. The average Bonchev–Trinajstić information content (AvgIpc) is 3.11. The normalized spacial score (nSPS) is 13.5. The standard InChI is InChI=1S/C22H22F4N4O3/c1-11-7-5-6-8-17(11)27-21(32)15-9-16(23)14(10-18(15)33-13(3)22(24,25)26)19-28-20(12(2)31)30(4)29-19/h5-10,12-13,31H,1-4H3,(H,27,32)/t12-,13+/m1/s1. The second kappa shape index (κ2) is 9.18. The van der Waals surface area contributed by atoms with E-state index in [1.54, 1.807) is 31.2 Å². The van der Waals surface area contributed by atoms with Gasteiger partial charge in [-0.15, -0.1) is 0 Å². The number of halogens is 4. The summed E-state index contributed by atoms with van der Waals surface area (Å²) < 4.78 is 60.7. The molecule has 0 aliphatic rings. The van der Waals surface area contributed by atoms with E-state index in [0.29, 0.717) is 11.3 Å². The highest BCUT2D eigenvalue weighted by Crippen LogP contribution is 2.33. The van der Waals surface area contributed by atoms with E-state index in [1.165, 1.54) is 18.7 Å². The Balaban J connectivity index is 2.08. The summed E-state index contributed by atoms with van der Waals surface area (Å²) in [6.07, 6.45) is -8.01. The van der Waals surface area contributed by atoms with Gasteiger partial charge in [0.1, 0.15) is 17.7 Å². The van der Waals surface area contributed by atoms with Crippen LogP contribution in [0.1, 0.15) is 41.7 Å². The number of amides is 1. The fourth-order valence-corrected chi connectivity index (χ4v) is 3.03. The van der Waals surface area contributed by atoms with Crippen LogP contribution in [0.3, 0.4) is 0 Å². The van der Waals surface area contributed by atoms with Crippen LogP contribution in [0, 0.1) is 12.7 Å². The van der Waals surface area contributed by atoms with Crippen molar-refractivity contribution in [1.29, 1.82) is 0 Å². The zero-order valence-corrected chi connectivity index (χ0v) is 18.2. The molecular formula is C22H22F4N4O3. The lowest BCUT2D eigenvalue weighted by atomic mass is 10.1. The minimum absolute atomic E-state index is 0.122. The Morgan fingerprint density at radius 1 is 1.21 bits per heavy atom. The lowest BCUT2D eigenvalue weighted by molar-refractivity contribution is -0.189. The van der Waals surface area contributed by atoms with Crippen molar-refractivity contribution in [3.63, 3.8) is 0 Å². The fraction of sp³-hybridized carbons (Fsp3) is 0.318. The summed E-state index contributed by atoms with van der Waals surface area (Å²) in [4.78, 5) is 16.9. The van der Waals surface area contributed by atoms with E-state index in [2.05, 4.69) is 15.4 Å². The number of hydrogen-bond acceptors (Lipinski definition) is 5. The summed E-state index contributed by atoms with van der Waals surface area (Å²) in [5.74, 6) is -2.34. The van der Waals surface area contributed by atoms with Gasteiger partial charge in [-0.3, -0.25) is 9.48 Å². The topological polar surface area (TPSA) is 89.3 Å². The van der Waals surface area contributed by atoms with E-state index in [1.807, 2.05) is 0 Å². The summed E-state index contributed by atoms with van der Waals surface area (Å²) in [7, 11) is 1.48. The van der Waals surface area contributed by atoms with E-state index in [-0.39, 0.29) is 17.2 Å². The minimum Gasteiger partial charge on any atom is -0.480 e. The molecule has 1 amide bonds. The van der Waals surface area contributed by atoms with Gasteiger partial charge in [0.05, 0.1) is 11.1 Å². The van der Waals surface area contributed by atoms with E-state index in [4.69, 9.17) is 4.74 Å². The largest absolute Gasteiger partial charge is 0.480 e. The van der Waals surface area contributed by atoms with E-state index in [0.717, 1.165) is 19.1 Å². The molecule has 176 valence electrons. The zero-order chi connectivity index (χ0) is 24.5. The quantitative estimate of drug-likeness (QED) is 0.520. The number of carbonyl (C=O) groups is 1. The Kier molecular flexibility index (Phi) is 6.73. The molecule has 0 fully saturated rings. The number of aliphatic hydroxyl groups excluding tert-OH is 1. The monoisotopic (exact) mass is 466 g/mol. The molecule has 0 unspecified atom stereocenters. The molecule has 7 nitrogen and oxygen atoms in total. The summed E-state index contributed by atoms with van der Waals surface area (Å²) in [6.45, 7) is 3.94. The lowest BCUT2D eigenvalue weighted by Crippen LogP contribution is -2.32. The number of aliphatic hydroxyl groups is 1. The number of aryl methyl sites for hydroxylation is 2. The molecule has 0 bridgehead atoms. The minimum atomic E-state index is -4.72. The number of rotatable bonds is 6. The van der Waals surface area contributed by atoms with Crippen LogP contribution in [0.5, 0.6) is 5.75 Å². The molecule has 0 radical (unpaired) electrons. The Morgan fingerprint density at radius 3 is 2.45 bits per heavy atom. The third kappa shape index (κ3) is 5.30. The summed E-state index contributed by atoms with van der Waals surface area (Å²) >= 11 is 0. The molecule has 2 N–H and O–H groups in total. The average molecular weight is 466 g/mol. The number of aromatic nitrogens is 3. The molecule has 3 rings (SSSR count). The molecule has 0 aliphatic carbocycles. The molecule has 0 spiro atoms. The van der Waals surface area contributed by atoms with Crippen LogP contribution in [-0.2, 0) is 7.05 Å². The SMILES string of the molecule is Cc1ccccc1NC(=O)c1cc(F)c(-c2nc([C@@H](C)O)n(C)n2)cc1O[C@@H](C)C(F)(F)F. The van der Waals surface area contributed by atoms with Gasteiger partial charge in [0.2, 0.25) is 0 Å². The number of nitrogens with zero attached hydrogens (tertiary/aromatic N) is 3. The second-order valence-corrected chi connectivity index (χ2v) is 7.49. The first-order chi connectivity index (χ1) is 15.4. The molecule has 2 aromatic carbocycles. The van der Waals surface area contributed by atoms with Gasteiger partial charge >= 0.3 is 6.18 Å². The van der Waals surface area contributed by atoms with E-state index in [9.17, 15) is 27.5 Å². The Bertz CT molecular complexity index is 1170. The van der Waals surface area contributed by atoms with Crippen molar-refractivity contribution in [3.8, 4) is 17.1 Å². The maximum atomic E-state index is 15.0. The first-order valence-electron chi connectivity index (χ1n) is 9.91. The highest BCUT2D eigenvalue weighted by atomic mass is 19.4. The van der Waals surface area contributed by atoms with Crippen molar-refractivity contribution in [2.24, 2.45) is 7.05 Å². The van der Waals surface area contributed by atoms with Crippen molar-refractivity contribution in [3.05, 3.63) is 59.2 Å². The molecule has 2 atom stereocenters. The van der Waals surface area contributed by atoms with Crippen LogP contribution in [0.4, 0.5) is 23.2 Å². The lowest BCUT2D eigenvalue weighted by Gasteiger charge is -2.20. The number of nitrogens with one attached hydrogen (secondary N) is 1. The number of anilines is 1. The van der Waals surface area contributed by atoms with Crippen LogP contribution >= 0.6 is 0 Å². The highest BCUT2D eigenvalue weighted by Gasteiger charge is 2.39. The number of benzene rings is 2. The summed E-state index contributed by atoms with van der Waals surface area (Å²) in [6, 6.07) is 8.48. The molecule has 1 heterocycles. The number of ether oxygens (including phenoxy) is 1. The number of alkyl halides is 3. The maximum absolute atomic E-state index is 15.0. The summed E-state index contributed by atoms with van der Waals surface area (Å²) in [5.41, 5.74) is 0.406. The Morgan fingerprint density at radius 2 is 1.88 bits per heavy atom. The number of hydrogen-bond donors (Lipinski definition) is 2. The predicted octanol–water partition coefficient (Wildman–Crippen LogP) is 4.56. The van der Waals surface area contributed by atoms with Gasteiger partial charge in [0.15, 0.2) is 17.8 Å². The van der Waals surface area contributed by atoms with Gasteiger partial charge in [0, 0.05) is 12.7 Å². The Labute approximate surface area is 187 Å². The molecule has 11 heteroatoms. The predicted molar refractivity (Wildman–Crippen MR) is 112 cm³/mol. The van der Waals surface area contributed by atoms with Crippen LogP contribution in [-0.4, -0.2) is 38.1 Å². The molecule has 1 aromatic heterocycles. The van der Waals surface area contributed by atoms with Crippen LogP contribution in [0.2, 0.25) is 0 Å². The second-order valence-electron chi connectivity index (χ2n) is 7.49. The Hall–Kier alpha value is -3.47. The zero-order valence-electron chi connectivity index (χ0n) is 18.2. The van der Waals surface area contributed by atoms with E-state index < -0.39 is 41.4 Å². The molecule has 0 aliphatic heterocycles. The smallest absolute Gasteiger partial charge is 0.425 e. The van der Waals surface area contributed by atoms with Gasteiger partial charge in [-0.1, -0.05) is 18.2 Å². The van der Waals surface area contributed by atoms with Crippen LogP contribution in [0.25, 0.3) is 11.4 Å². The third-order valence-electron chi connectivity index (χ3n) is 4.88. The molecule has 0 saturated carbocycles. The number of para-hydroxylation sites is 1. The summed E-state index contributed by atoms with van der Waals surface area (Å²) in [5, 5.41) is 16.3. The van der Waals surface area contributed by atoms with Crippen molar-refractivity contribution in [2.45, 2.75) is 39.2 Å². The highest BCUT2D eigenvalue weighted by molar-refractivity contribution is 6.07. The van der Waals surface area contributed by atoms with E-state index >= 15 is 0 Å².